The molecule has 0 bridgehead atoms. The maximum atomic E-state index is 12.7. The van der Waals surface area contributed by atoms with Crippen LogP contribution in [0.15, 0.2) is 42.9 Å². The number of aromatic nitrogens is 2. The Morgan fingerprint density at radius 2 is 2.17 bits per heavy atom. The van der Waals surface area contributed by atoms with Crippen LogP contribution in [0.4, 0.5) is 0 Å². The lowest BCUT2D eigenvalue weighted by molar-refractivity contribution is -0.121. The van der Waals surface area contributed by atoms with Crippen LogP contribution in [0.3, 0.4) is 0 Å². The Kier molecular flexibility index (Phi) is 4.57. The fourth-order valence-electron chi connectivity index (χ4n) is 2.48. The van der Waals surface area contributed by atoms with Crippen molar-refractivity contribution in [1.82, 2.24) is 14.9 Å². The van der Waals surface area contributed by atoms with Crippen molar-refractivity contribution in [1.29, 1.82) is 0 Å². The fourth-order valence-corrected chi connectivity index (χ4v) is 3.54. The van der Waals surface area contributed by atoms with Gasteiger partial charge in [0.15, 0.2) is 0 Å². The summed E-state index contributed by atoms with van der Waals surface area (Å²) in [6.45, 7) is 0.505. The number of pyridine rings is 2. The molecule has 7 heteroatoms. The average Bonchev–Trinajstić information content (AvgIpc) is 2.62. The van der Waals surface area contributed by atoms with E-state index in [4.69, 9.17) is 5.73 Å². The molecule has 3 heterocycles. The molecule has 2 N–H and O–H groups in total. The molecular weight excluding hydrogens is 312 g/mol. The van der Waals surface area contributed by atoms with Crippen LogP contribution in [0, 0.1) is 0 Å². The van der Waals surface area contributed by atoms with Gasteiger partial charge in [-0.25, -0.2) is 0 Å². The zero-order chi connectivity index (χ0) is 16.2. The van der Waals surface area contributed by atoms with E-state index in [0.29, 0.717) is 17.9 Å². The minimum Gasteiger partial charge on any atom is -0.368 e. The molecule has 1 aliphatic heterocycles. The molecule has 6 nitrogen and oxygen atoms in total. The van der Waals surface area contributed by atoms with Crippen LogP contribution in [0.2, 0.25) is 0 Å². The average molecular weight is 328 g/mol. The highest BCUT2D eigenvalue weighted by atomic mass is 32.2. The second kappa shape index (κ2) is 6.78. The third-order valence-electron chi connectivity index (χ3n) is 3.66. The zero-order valence-corrected chi connectivity index (χ0v) is 13.2. The Balaban J connectivity index is 1.89. The van der Waals surface area contributed by atoms with E-state index >= 15 is 0 Å². The number of thioether (sulfide) groups is 1. The predicted molar refractivity (Wildman–Crippen MR) is 88.8 cm³/mol. The van der Waals surface area contributed by atoms with Crippen molar-refractivity contribution in [2.45, 2.75) is 6.04 Å². The van der Waals surface area contributed by atoms with E-state index in [1.165, 1.54) is 11.1 Å². The molecule has 2 aromatic heterocycles. The van der Waals surface area contributed by atoms with E-state index < -0.39 is 11.9 Å². The van der Waals surface area contributed by atoms with Gasteiger partial charge >= 0.3 is 0 Å². The molecule has 0 spiro atoms. The topological polar surface area (TPSA) is 89.2 Å². The lowest BCUT2D eigenvalue weighted by atomic mass is 10.1. The lowest BCUT2D eigenvalue weighted by Crippen LogP contribution is -2.52. The molecule has 1 aliphatic rings. The number of carbonyl (C=O) groups is 2. The summed E-state index contributed by atoms with van der Waals surface area (Å²) in [5.41, 5.74) is 7.37. The van der Waals surface area contributed by atoms with Crippen LogP contribution in [0.25, 0.3) is 11.3 Å². The Bertz CT molecular complexity index is 723. The molecule has 118 valence electrons. The van der Waals surface area contributed by atoms with E-state index in [9.17, 15) is 9.59 Å². The number of nitrogens with two attached hydrogens (primary N) is 1. The second-order valence-corrected chi connectivity index (χ2v) is 6.32. The van der Waals surface area contributed by atoms with Gasteiger partial charge in [-0.3, -0.25) is 19.6 Å². The molecule has 0 radical (unpaired) electrons. The van der Waals surface area contributed by atoms with Crippen LogP contribution in [0.1, 0.15) is 10.4 Å². The highest BCUT2D eigenvalue weighted by Gasteiger charge is 2.31. The molecule has 3 rings (SSSR count). The summed E-state index contributed by atoms with van der Waals surface area (Å²) in [6, 6.07) is 6.74. The molecule has 23 heavy (non-hydrogen) atoms. The van der Waals surface area contributed by atoms with Crippen molar-refractivity contribution >= 4 is 23.6 Å². The van der Waals surface area contributed by atoms with Gasteiger partial charge in [-0.2, -0.15) is 11.8 Å². The molecular formula is C16H16N4O2S. The molecule has 1 fully saturated rings. The Hall–Kier alpha value is -2.41. The summed E-state index contributed by atoms with van der Waals surface area (Å²) in [5, 5.41) is 0. The maximum absolute atomic E-state index is 12.7. The summed E-state index contributed by atoms with van der Waals surface area (Å²) in [5.74, 6) is 0.635. The summed E-state index contributed by atoms with van der Waals surface area (Å²) >= 11 is 1.63. The van der Waals surface area contributed by atoms with E-state index in [1.807, 2.05) is 18.2 Å². The van der Waals surface area contributed by atoms with Crippen molar-refractivity contribution in [2.24, 2.45) is 5.73 Å². The molecule has 0 saturated carbocycles. The van der Waals surface area contributed by atoms with E-state index in [-0.39, 0.29) is 5.91 Å². The molecule has 1 atom stereocenters. The number of amides is 2. The minimum atomic E-state index is -0.570. The standard InChI is InChI=1S/C16H16N4O2S/c17-15(21)14-10-23-6-5-20(14)16(22)12-7-11(8-18-9-12)13-3-1-2-4-19-13/h1-4,7-9,14H,5-6,10H2,(H2,17,21). The minimum absolute atomic E-state index is 0.223. The van der Waals surface area contributed by atoms with Gasteiger partial charge in [0.05, 0.1) is 11.3 Å². The summed E-state index contributed by atoms with van der Waals surface area (Å²) in [4.78, 5) is 34.3. The number of hydrogen-bond donors (Lipinski definition) is 1. The van der Waals surface area contributed by atoms with Gasteiger partial charge in [-0.15, -0.1) is 0 Å². The molecule has 0 aliphatic carbocycles. The van der Waals surface area contributed by atoms with Crippen LogP contribution in [-0.2, 0) is 4.79 Å². The first-order valence-corrected chi connectivity index (χ1v) is 8.37. The van der Waals surface area contributed by atoms with Crippen LogP contribution >= 0.6 is 11.8 Å². The number of hydrogen-bond acceptors (Lipinski definition) is 5. The Morgan fingerprint density at radius 3 is 2.91 bits per heavy atom. The highest BCUT2D eigenvalue weighted by molar-refractivity contribution is 7.99. The van der Waals surface area contributed by atoms with Gasteiger partial charge in [0, 0.05) is 42.2 Å². The monoisotopic (exact) mass is 328 g/mol. The SMILES string of the molecule is NC(=O)C1CSCCN1C(=O)c1cncc(-c2ccccn2)c1. The third-order valence-corrected chi connectivity index (χ3v) is 4.69. The highest BCUT2D eigenvalue weighted by Crippen LogP contribution is 2.21. The lowest BCUT2D eigenvalue weighted by Gasteiger charge is -2.33. The molecule has 2 aromatic rings. The van der Waals surface area contributed by atoms with Gasteiger partial charge in [0.25, 0.3) is 5.91 Å². The summed E-state index contributed by atoms with van der Waals surface area (Å²) < 4.78 is 0. The molecule has 1 unspecified atom stereocenters. The van der Waals surface area contributed by atoms with Crippen LogP contribution in [-0.4, -0.2) is 50.8 Å². The number of primary amides is 1. The largest absolute Gasteiger partial charge is 0.368 e. The predicted octanol–water partition coefficient (Wildman–Crippen LogP) is 1.19. The molecule has 0 aromatic carbocycles. The first-order chi connectivity index (χ1) is 11.2. The van der Waals surface area contributed by atoms with Crippen molar-refractivity contribution < 1.29 is 9.59 Å². The maximum Gasteiger partial charge on any atom is 0.256 e. The first kappa shape index (κ1) is 15.5. The smallest absolute Gasteiger partial charge is 0.256 e. The van der Waals surface area contributed by atoms with E-state index in [0.717, 1.165) is 17.0 Å². The first-order valence-electron chi connectivity index (χ1n) is 7.21. The van der Waals surface area contributed by atoms with E-state index in [1.54, 1.807) is 30.2 Å². The quantitative estimate of drug-likeness (QED) is 0.914. The number of carbonyl (C=O) groups excluding carboxylic acids is 2. The van der Waals surface area contributed by atoms with Crippen molar-refractivity contribution in [2.75, 3.05) is 18.1 Å². The normalized spacial score (nSPS) is 17.7. The third kappa shape index (κ3) is 3.34. The summed E-state index contributed by atoms with van der Waals surface area (Å²) in [7, 11) is 0. The van der Waals surface area contributed by atoms with Gasteiger partial charge < -0.3 is 10.6 Å². The molecule has 1 saturated heterocycles. The number of nitrogens with zero attached hydrogens (tertiary/aromatic N) is 3. The van der Waals surface area contributed by atoms with Gasteiger partial charge in [-0.1, -0.05) is 6.07 Å². The zero-order valence-electron chi connectivity index (χ0n) is 12.4. The summed E-state index contributed by atoms with van der Waals surface area (Å²) in [6.07, 6.45) is 4.86. The van der Waals surface area contributed by atoms with Crippen molar-refractivity contribution in [3.63, 3.8) is 0 Å². The Labute approximate surface area is 138 Å². The fraction of sp³-hybridized carbons (Fsp3) is 0.250. The van der Waals surface area contributed by atoms with Gasteiger partial charge in [0.2, 0.25) is 5.91 Å². The van der Waals surface area contributed by atoms with Gasteiger partial charge in [-0.05, 0) is 18.2 Å². The van der Waals surface area contributed by atoms with Crippen LogP contribution < -0.4 is 5.73 Å². The molecule has 2 amide bonds. The van der Waals surface area contributed by atoms with Crippen molar-refractivity contribution in [3.05, 3.63) is 48.4 Å². The van der Waals surface area contributed by atoms with Gasteiger partial charge in [0.1, 0.15) is 6.04 Å². The van der Waals surface area contributed by atoms with Crippen molar-refractivity contribution in [3.8, 4) is 11.3 Å². The number of rotatable bonds is 3. The second-order valence-electron chi connectivity index (χ2n) is 5.17. The Morgan fingerprint density at radius 1 is 1.30 bits per heavy atom. The van der Waals surface area contributed by atoms with E-state index in [2.05, 4.69) is 9.97 Å². The van der Waals surface area contributed by atoms with Crippen LogP contribution in [0.5, 0.6) is 0 Å².